The Hall–Kier alpha value is -3.28. The van der Waals surface area contributed by atoms with Crippen LogP contribution in [0.25, 0.3) is 11.0 Å². The van der Waals surface area contributed by atoms with Gasteiger partial charge in [0.1, 0.15) is 5.75 Å². The second-order valence-corrected chi connectivity index (χ2v) is 7.60. The summed E-state index contributed by atoms with van der Waals surface area (Å²) in [6.45, 7) is 1.70. The number of hydrogen-bond acceptors (Lipinski definition) is 5. The number of nitrogens with one attached hydrogen (secondary N) is 3. The maximum atomic E-state index is 12.8. The van der Waals surface area contributed by atoms with Crippen molar-refractivity contribution in [1.29, 1.82) is 0 Å². The Balaban J connectivity index is 1.98. The van der Waals surface area contributed by atoms with E-state index in [1.54, 1.807) is 6.92 Å². The van der Waals surface area contributed by atoms with Crippen molar-refractivity contribution in [3.05, 3.63) is 62.7 Å². The van der Waals surface area contributed by atoms with Gasteiger partial charge in [-0.2, -0.15) is 0 Å². The first-order valence-electron chi connectivity index (χ1n) is 8.16. The molecule has 3 rings (SSSR count). The molecular formula is C17H14F3N3O5S. The number of ether oxygens (including phenoxy) is 1. The molecule has 0 bridgehead atoms. The minimum atomic E-state index is -4.86. The summed E-state index contributed by atoms with van der Waals surface area (Å²) in [6, 6.07) is 6.80. The number of rotatable bonds is 5. The topological polar surface area (TPSA) is 121 Å². The van der Waals surface area contributed by atoms with E-state index in [9.17, 15) is 31.2 Å². The molecule has 0 radical (unpaired) electrons. The van der Waals surface area contributed by atoms with Gasteiger partial charge in [-0.05, 0) is 48.4 Å². The molecule has 0 aliphatic heterocycles. The summed E-state index contributed by atoms with van der Waals surface area (Å²) >= 11 is 0. The molecule has 1 heterocycles. The van der Waals surface area contributed by atoms with Gasteiger partial charge in [-0.25, -0.2) is 8.42 Å². The number of anilines is 1. The van der Waals surface area contributed by atoms with Gasteiger partial charge in [-0.3, -0.25) is 14.3 Å². The lowest BCUT2D eigenvalue weighted by Crippen LogP contribution is -2.29. The zero-order valence-electron chi connectivity index (χ0n) is 14.8. The van der Waals surface area contributed by atoms with Crippen LogP contribution in [0.1, 0.15) is 12.5 Å². The van der Waals surface area contributed by atoms with E-state index in [0.29, 0.717) is 12.0 Å². The number of aromatic amines is 2. The van der Waals surface area contributed by atoms with Gasteiger partial charge < -0.3 is 14.7 Å². The van der Waals surface area contributed by atoms with E-state index >= 15 is 0 Å². The summed E-state index contributed by atoms with van der Waals surface area (Å²) in [7, 11) is -4.15. The Kier molecular flexibility index (Phi) is 5.13. The Morgan fingerprint density at radius 3 is 2.07 bits per heavy atom. The van der Waals surface area contributed by atoms with Crippen molar-refractivity contribution in [1.82, 2.24) is 9.97 Å². The largest absolute Gasteiger partial charge is 0.573 e. The standard InChI is InChI=1S/C17H14F3N3O5S/c1-2-9-7-12-13(22-16(25)15(24)21-12)8-14(9)29(26,27)23-10-3-5-11(6-4-10)28-17(18,19)20/h3-8,23H,2H2,1H3,(H,21,24)(H,22,25). The van der Waals surface area contributed by atoms with E-state index in [1.165, 1.54) is 12.1 Å². The van der Waals surface area contributed by atoms with Crippen LogP contribution in [0.15, 0.2) is 50.9 Å². The van der Waals surface area contributed by atoms with Gasteiger partial charge in [0.2, 0.25) is 0 Å². The number of fused-ring (bicyclic) bond motifs is 1. The first-order chi connectivity index (χ1) is 13.5. The molecule has 2 aromatic carbocycles. The Bertz CT molecular complexity index is 1280. The lowest BCUT2D eigenvalue weighted by atomic mass is 10.1. The van der Waals surface area contributed by atoms with E-state index < -0.39 is 33.3 Å². The van der Waals surface area contributed by atoms with Gasteiger partial charge in [0, 0.05) is 5.69 Å². The lowest BCUT2D eigenvalue weighted by molar-refractivity contribution is -0.274. The third-order valence-corrected chi connectivity index (χ3v) is 5.38. The first-order valence-corrected chi connectivity index (χ1v) is 9.64. The average Bonchev–Trinajstić information content (AvgIpc) is 2.62. The Morgan fingerprint density at radius 1 is 1.00 bits per heavy atom. The SMILES string of the molecule is CCc1cc2[nH]c(=O)c(=O)[nH]c2cc1S(=O)(=O)Nc1ccc(OC(F)(F)F)cc1. The van der Waals surface area contributed by atoms with E-state index in [-0.39, 0.29) is 21.6 Å². The number of benzene rings is 2. The maximum absolute atomic E-state index is 12.8. The monoisotopic (exact) mass is 429 g/mol. The van der Waals surface area contributed by atoms with Crippen LogP contribution in [0.5, 0.6) is 5.75 Å². The molecule has 0 aliphatic rings. The molecule has 29 heavy (non-hydrogen) atoms. The number of halogens is 3. The molecule has 8 nitrogen and oxygen atoms in total. The van der Waals surface area contributed by atoms with Crippen molar-refractivity contribution < 1.29 is 26.3 Å². The van der Waals surface area contributed by atoms with Crippen LogP contribution in [0.4, 0.5) is 18.9 Å². The molecule has 0 atom stereocenters. The molecule has 0 spiro atoms. The molecular weight excluding hydrogens is 415 g/mol. The summed E-state index contributed by atoms with van der Waals surface area (Å²) in [6.07, 6.45) is -4.56. The van der Waals surface area contributed by atoms with Gasteiger partial charge in [0.15, 0.2) is 0 Å². The Labute approximate surface area is 161 Å². The van der Waals surface area contributed by atoms with Crippen LogP contribution in [0.3, 0.4) is 0 Å². The van der Waals surface area contributed by atoms with E-state index in [4.69, 9.17) is 0 Å². The number of H-pyrrole nitrogens is 2. The average molecular weight is 429 g/mol. The number of hydrogen-bond donors (Lipinski definition) is 3. The molecule has 0 fully saturated rings. The Morgan fingerprint density at radius 2 is 1.55 bits per heavy atom. The summed E-state index contributed by atoms with van der Waals surface area (Å²) in [5, 5.41) is 0. The fraction of sp³-hybridized carbons (Fsp3) is 0.176. The van der Waals surface area contributed by atoms with E-state index in [1.807, 2.05) is 0 Å². The molecule has 12 heteroatoms. The maximum Gasteiger partial charge on any atom is 0.573 e. The quantitative estimate of drug-likeness (QED) is 0.538. The molecule has 0 saturated heterocycles. The molecule has 154 valence electrons. The fourth-order valence-corrected chi connectivity index (χ4v) is 4.03. The third-order valence-electron chi connectivity index (χ3n) is 3.91. The molecule has 0 amide bonds. The van der Waals surface area contributed by atoms with Gasteiger partial charge in [0.25, 0.3) is 10.0 Å². The third kappa shape index (κ3) is 4.59. The smallest absolute Gasteiger partial charge is 0.406 e. The van der Waals surface area contributed by atoms with Crippen molar-refractivity contribution in [2.75, 3.05) is 4.72 Å². The van der Waals surface area contributed by atoms with E-state index in [0.717, 1.165) is 24.3 Å². The second kappa shape index (κ2) is 7.28. The van der Waals surface area contributed by atoms with Crippen molar-refractivity contribution in [3.8, 4) is 5.75 Å². The number of aryl methyl sites for hydroxylation is 1. The van der Waals surface area contributed by atoms with Gasteiger partial charge in [-0.15, -0.1) is 13.2 Å². The van der Waals surface area contributed by atoms with Crippen molar-refractivity contribution in [3.63, 3.8) is 0 Å². The van der Waals surface area contributed by atoms with Crippen molar-refractivity contribution in [2.45, 2.75) is 24.6 Å². The van der Waals surface area contributed by atoms with Crippen LogP contribution < -0.4 is 20.6 Å². The molecule has 1 aromatic heterocycles. The van der Waals surface area contributed by atoms with Gasteiger partial charge in [-0.1, -0.05) is 6.92 Å². The summed E-state index contributed by atoms with van der Waals surface area (Å²) in [5.41, 5.74) is -1.05. The van der Waals surface area contributed by atoms with Gasteiger partial charge in [0.05, 0.1) is 15.9 Å². The van der Waals surface area contributed by atoms with Crippen LogP contribution in [0, 0.1) is 0 Å². The summed E-state index contributed by atoms with van der Waals surface area (Å²) in [5.74, 6) is -0.498. The zero-order valence-corrected chi connectivity index (χ0v) is 15.6. The van der Waals surface area contributed by atoms with Crippen LogP contribution in [-0.2, 0) is 16.4 Å². The first kappa shape index (κ1) is 20.5. The highest BCUT2D eigenvalue weighted by Crippen LogP contribution is 2.27. The molecule has 0 unspecified atom stereocenters. The number of alkyl halides is 3. The lowest BCUT2D eigenvalue weighted by Gasteiger charge is -2.13. The van der Waals surface area contributed by atoms with Crippen LogP contribution >= 0.6 is 0 Å². The predicted molar refractivity (Wildman–Crippen MR) is 98.5 cm³/mol. The highest BCUT2D eigenvalue weighted by Gasteiger charge is 2.31. The zero-order chi connectivity index (χ0) is 21.4. The summed E-state index contributed by atoms with van der Waals surface area (Å²) < 4.78 is 68.3. The number of aromatic nitrogens is 2. The van der Waals surface area contributed by atoms with E-state index in [2.05, 4.69) is 19.4 Å². The summed E-state index contributed by atoms with van der Waals surface area (Å²) in [4.78, 5) is 27.5. The molecule has 3 aromatic rings. The van der Waals surface area contributed by atoms with Crippen molar-refractivity contribution in [2.24, 2.45) is 0 Å². The minimum Gasteiger partial charge on any atom is -0.406 e. The molecule has 0 aliphatic carbocycles. The number of sulfonamides is 1. The predicted octanol–water partition coefficient (Wildman–Crippen LogP) is 2.48. The highest BCUT2D eigenvalue weighted by atomic mass is 32.2. The minimum absolute atomic E-state index is 0.0108. The molecule has 3 N–H and O–H groups in total. The van der Waals surface area contributed by atoms with Crippen LogP contribution in [-0.4, -0.2) is 24.7 Å². The second-order valence-electron chi connectivity index (χ2n) is 5.94. The van der Waals surface area contributed by atoms with Crippen molar-refractivity contribution >= 4 is 26.7 Å². The molecule has 0 saturated carbocycles. The highest BCUT2D eigenvalue weighted by molar-refractivity contribution is 7.92. The normalized spacial score (nSPS) is 12.1. The van der Waals surface area contributed by atoms with Gasteiger partial charge >= 0.3 is 17.5 Å². The van der Waals surface area contributed by atoms with Crippen LogP contribution in [0.2, 0.25) is 0 Å². The fourth-order valence-electron chi connectivity index (χ4n) is 2.65.